The highest BCUT2D eigenvalue weighted by Crippen LogP contribution is 2.48. The van der Waals surface area contributed by atoms with E-state index < -0.39 is 0 Å². The number of benzene rings is 8. The zero-order chi connectivity index (χ0) is 35.8. The first-order valence-corrected chi connectivity index (χ1v) is 18.7. The molecular weight excluding hydrogens is 673 g/mol. The summed E-state index contributed by atoms with van der Waals surface area (Å²) >= 11 is 0. The average Bonchev–Trinajstić information content (AvgIpc) is 3.98. The molecule has 0 radical (unpaired) electrons. The molecule has 5 nitrogen and oxygen atoms in total. The number of fused-ring (bicyclic) bond motifs is 14. The van der Waals surface area contributed by atoms with Gasteiger partial charge in [-0.2, -0.15) is 0 Å². The van der Waals surface area contributed by atoms with Crippen LogP contribution in [0.25, 0.3) is 121 Å². The number of hydrogen-bond acceptors (Lipinski definition) is 3. The van der Waals surface area contributed by atoms with Crippen LogP contribution in [0.1, 0.15) is 0 Å². The van der Waals surface area contributed by atoms with Gasteiger partial charge in [-0.25, -0.2) is 9.97 Å². The maximum Gasteiger partial charge on any atom is 0.197 e. The maximum atomic E-state index is 6.80. The molecule has 0 aliphatic heterocycles. The molecule has 0 unspecified atom stereocenters. The summed E-state index contributed by atoms with van der Waals surface area (Å²) in [6, 6.07) is 60.5. The van der Waals surface area contributed by atoms with Crippen molar-refractivity contribution in [2.45, 2.75) is 0 Å². The topological polar surface area (TPSA) is 48.3 Å². The lowest BCUT2D eigenvalue weighted by Gasteiger charge is -2.12. The Bertz CT molecular complexity index is 3700. The molecule has 13 aromatic rings. The van der Waals surface area contributed by atoms with Gasteiger partial charge < -0.3 is 8.82 Å². The minimum atomic E-state index is 0.650. The lowest BCUT2D eigenvalue weighted by molar-refractivity contribution is 0.662. The highest BCUT2D eigenvalue weighted by Gasteiger charge is 2.27. The third kappa shape index (κ3) is 3.86. The molecule has 0 aliphatic rings. The van der Waals surface area contributed by atoms with E-state index >= 15 is 0 Å². The molecule has 0 saturated heterocycles. The van der Waals surface area contributed by atoms with Gasteiger partial charge in [0.15, 0.2) is 17.2 Å². The van der Waals surface area contributed by atoms with Gasteiger partial charge in [0.25, 0.3) is 0 Å². The van der Waals surface area contributed by atoms with Gasteiger partial charge in [0.05, 0.1) is 27.6 Å². The molecule has 5 aromatic heterocycles. The monoisotopic (exact) mass is 700 g/mol. The van der Waals surface area contributed by atoms with Crippen LogP contribution in [0.4, 0.5) is 0 Å². The summed E-state index contributed by atoms with van der Waals surface area (Å²) in [5.41, 5.74) is 11.3. The second kappa shape index (κ2) is 10.6. The molecule has 0 bridgehead atoms. The normalized spacial score (nSPS) is 12.4. The molecule has 0 N–H and O–H groups in total. The van der Waals surface area contributed by atoms with Crippen molar-refractivity contribution in [3.8, 4) is 28.3 Å². The first-order chi connectivity index (χ1) is 27.3. The Morgan fingerprint density at radius 3 is 1.85 bits per heavy atom. The second-order valence-electron chi connectivity index (χ2n) is 14.6. The summed E-state index contributed by atoms with van der Waals surface area (Å²) in [5, 5.41) is 10.6. The number of rotatable bonds is 3. The molecule has 55 heavy (non-hydrogen) atoms. The standard InChI is InChI=1S/C50H28N4O/c1-2-12-29(13-3-1)30-22-24-31(25-23-30)49-51-45-36-18-8-11-21-43(36)55-48(45)50(52-49)54-42-27-33-15-5-4-14-32(33)26-37(42)39-28-38-34-16-6-9-19-40(34)53-41-20-10-7-17-35(41)44(46(38)53)47(39)54/h1-28H. The summed E-state index contributed by atoms with van der Waals surface area (Å²) in [7, 11) is 0. The second-order valence-corrected chi connectivity index (χ2v) is 14.6. The Labute approximate surface area is 313 Å². The van der Waals surface area contributed by atoms with Gasteiger partial charge in [-0.15, -0.1) is 0 Å². The van der Waals surface area contributed by atoms with Crippen LogP contribution in [0.5, 0.6) is 0 Å². The lowest BCUT2D eigenvalue weighted by Crippen LogP contribution is -2.02. The smallest absolute Gasteiger partial charge is 0.197 e. The summed E-state index contributed by atoms with van der Waals surface area (Å²) in [6.45, 7) is 0. The number of hydrogen-bond donors (Lipinski definition) is 0. The fourth-order valence-corrected chi connectivity index (χ4v) is 9.21. The highest BCUT2D eigenvalue weighted by atomic mass is 16.3. The van der Waals surface area contributed by atoms with Gasteiger partial charge in [0.2, 0.25) is 0 Å². The Morgan fingerprint density at radius 2 is 1.04 bits per heavy atom. The molecule has 0 fully saturated rings. The van der Waals surface area contributed by atoms with Crippen LogP contribution < -0.4 is 0 Å². The molecule has 0 aliphatic carbocycles. The number of nitrogens with zero attached hydrogens (tertiary/aromatic N) is 4. The molecule has 0 spiro atoms. The molecule has 13 rings (SSSR count). The molecule has 0 atom stereocenters. The van der Waals surface area contributed by atoms with Gasteiger partial charge in [-0.1, -0.05) is 127 Å². The molecule has 0 saturated carbocycles. The minimum absolute atomic E-state index is 0.650. The molecule has 254 valence electrons. The van der Waals surface area contributed by atoms with Crippen LogP contribution in [0.3, 0.4) is 0 Å². The lowest BCUT2D eigenvalue weighted by atomic mass is 10.0. The number of para-hydroxylation sites is 3. The molecular formula is C50H28N4O. The van der Waals surface area contributed by atoms with Crippen molar-refractivity contribution in [2.75, 3.05) is 0 Å². The Hall–Kier alpha value is -7.50. The summed E-state index contributed by atoms with van der Waals surface area (Å²) < 4.78 is 11.6. The predicted octanol–water partition coefficient (Wildman–Crippen LogP) is 13.1. The zero-order valence-electron chi connectivity index (χ0n) is 29.4. The van der Waals surface area contributed by atoms with E-state index in [1.54, 1.807) is 0 Å². The fraction of sp³-hybridized carbons (Fsp3) is 0. The van der Waals surface area contributed by atoms with Crippen molar-refractivity contribution in [3.63, 3.8) is 0 Å². The van der Waals surface area contributed by atoms with Crippen molar-refractivity contribution in [1.82, 2.24) is 18.9 Å². The largest absolute Gasteiger partial charge is 0.450 e. The van der Waals surface area contributed by atoms with Crippen LogP contribution in [0.15, 0.2) is 174 Å². The van der Waals surface area contributed by atoms with Crippen LogP contribution >= 0.6 is 0 Å². The van der Waals surface area contributed by atoms with Crippen molar-refractivity contribution in [1.29, 1.82) is 0 Å². The van der Waals surface area contributed by atoms with Crippen LogP contribution in [0.2, 0.25) is 0 Å². The fourth-order valence-electron chi connectivity index (χ4n) is 9.21. The van der Waals surface area contributed by atoms with Crippen LogP contribution in [-0.4, -0.2) is 18.9 Å². The highest BCUT2D eigenvalue weighted by molar-refractivity contribution is 6.34. The first-order valence-electron chi connectivity index (χ1n) is 18.7. The van der Waals surface area contributed by atoms with E-state index in [0.717, 1.165) is 44.5 Å². The van der Waals surface area contributed by atoms with E-state index in [1.165, 1.54) is 65.2 Å². The van der Waals surface area contributed by atoms with Crippen LogP contribution in [-0.2, 0) is 0 Å². The van der Waals surface area contributed by atoms with Gasteiger partial charge >= 0.3 is 0 Å². The SMILES string of the molecule is c1ccc(-c2ccc(-c3nc(-n4c5cc6ccccc6cc5c5cc6c7ccccc7n7c8ccccc8c(c54)c67)c4oc5ccccc5c4n3)cc2)cc1. The zero-order valence-corrected chi connectivity index (χ0v) is 29.4. The summed E-state index contributed by atoms with van der Waals surface area (Å²) in [5.74, 6) is 1.37. The van der Waals surface area contributed by atoms with E-state index in [-0.39, 0.29) is 0 Å². The minimum Gasteiger partial charge on any atom is -0.450 e. The molecule has 5 heterocycles. The third-order valence-corrected chi connectivity index (χ3v) is 11.6. The van der Waals surface area contributed by atoms with Gasteiger partial charge in [0.1, 0.15) is 11.1 Å². The number of aromatic nitrogens is 4. The van der Waals surface area contributed by atoms with Crippen molar-refractivity contribution in [2.24, 2.45) is 0 Å². The van der Waals surface area contributed by atoms with Crippen molar-refractivity contribution < 1.29 is 4.42 Å². The van der Waals surface area contributed by atoms with Gasteiger partial charge in [-0.05, 0) is 64.4 Å². The Balaban J connectivity index is 1.23. The molecule has 0 amide bonds. The van der Waals surface area contributed by atoms with Crippen molar-refractivity contribution in [3.05, 3.63) is 170 Å². The van der Waals surface area contributed by atoms with E-state index in [1.807, 2.05) is 24.3 Å². The molecule has 8 aromatic carbocycles. The van der Waals surface area contributed by atoms with Crippen molar-refractivity contribution >= 4 is 92.7 Å². The predicted molar refractivity (Wildman–Crippen MR) is 227 cm³/mol. The van der Waals surface area contributed by atoms with E-state index in [4.69, 9.17) is 14.4 Å². The Morgan fingerprint density at radius 1 is 0.418 bits per heavy atom. The first kappa shape index (κ1) is 29.0. The van der Waals surface area contributed by atoms with E-state index in [2.05, 4.69) is 155 Å². The van der Waals surface area contributed by atoms with E-state index in [9.17, 15) is 0 Å². The quantitative estimate of drug-likeness (QED) is 0.184. The van der Waals surface area contributed by atoms with E-state index in [0.29, 0.717) is 11.4 Å². The third-order valence-electron chi connectivity index (χ3n) is 11.6. The molecule has 5 heteroatoms. The van der Waals surface area contributed by atoms with Gasteiger partial charge in [-0.3, -0.25) is 4.57 Å². The maximum absolute atomic E-state index is 6.80. The summed E-state index contributed by atoms with van der Waals surface area (Å²) in [4.78, 5) is 10.8. The average molecular weight is 701 g/mol. The van der Waals surface area contributed by atoms with Crippen LogP contribution in [0, 0.1) is 0 Å². The Kier molecular flexibility index (Phi) is 5.57. The number of furan rings is 1. The van der Waals surface area contributed by atoms with Gasteiger partial charge in [0, 0.05) is 43.3 Å². The summed E-state index contributed by atoms with van der Waals surface area (Å²) in [6.07, 6.45) is 0.